The first-order valence-corrected chi connectivity index (χ1v) is 8.71. The fourth-order valence-corrected chi connectivity index (χ4v) is 3.10. The summed E-state index contributed by atoms with van der Waals surface area (Å²) < 4.78 is 0. The van der Waals surface area contributed by atoms with Gasteiger partial charge >= 0.3 is 0 Å². The zero-order chi connectivity index (χ0) is 17.8. The van der Waals surface area contributed by atoms with E-state index in [2.05, 4.69) is 22.1 Å². The molecular formula is C19H18Cl2N4. The van der Waals surface area contributed by atoms with Gasteiger partial charge in [-0.15, -0.1) is 0 Å². The average Bonchev–Trinajstić information content (AvgIpc) is 2.58. The molecule has 0 radical (unpaired) electrons. The number of aromatic nitrogens is 2. The van der Waals surface area contributed by atoms with E-state index in [9.17, 15) is 0 Å². The molecule has 25 heavy (non-hydrogen) atoms. The van der Waals surface area contributed by atoms with Crippen LogP contribution in [-0.2, 0) is 12.8 Å². The Bertz CT molecular complexity index is 882. The quantitative estimate of drug-likeness (QED) is 0.674. The molecule has 0 aliphatic heterocycles. The Balaban J connectivity index is 1.88. The van der Waals surface area contributed by atoms with Crippen LogP contribution in [-0.4, -0.2) is 9.97 Å². The molecule has 0 bridgehead atoms. The number of halogens is 2. The molecule has 4 nitrogen and oxygen atoms in total. The highest BCUT2D eigenvalue weighted by Gasteiger charge is 2.14. The molecule has 0 fully saturated rings. The highest BCUT2D eigenvalue weighted by molar-refractivity contribution is 6.42. The summed E-state index contributed by atoms with van der Waals surface area (Å²) in [4.78, 5) is 8.50. The van der Waals surface area contributed by atoms with Crippen molar-refractivity contribution in [3.05, 3.63) is 69.8 Å². The molecular weight excluding hydrogens is 355 g/mol. The largest absolute Gasteiger partial charge is 0.383 e. The van der Waals surface area contributed by atoms with E-state index in [-0.39, 0.29) is 5.95 Å². The van der Waals surface area contributed by atoms with Crippen molar-refractivity contribution in [3.63, 3.8) is 0 Å². The van der Waals surface area contributed by atoms with E-state index in [1.165, 1.54) is 5.56 Å². The van der Waals surface area contributed by atoms with Gasteiger partial charge in [-0.1, -0.05) is 59.6 Å². The second-order valence-corrected chi connectivity index (χ2v) is 6.57. The SMILES string of the molecule is Nc1nc(N)c(-c2ccc(Cl)c(Cl)c2)c(CCCc2ccccc2)n1. The number of nitrogens with two attached hydrogens (primary N) is 2. The molecule has 3 aromatic rings. The summed E-state index contributed by atoms with van der Waals surface area (Å²) >= 11 is 12.2. The van der Waals surface area contributed by atoms with Crippen molar-refractivity contribution in [2.75, 3.05) is 11.5 Å². The molecule has 0 atom stereocenters. The summed E-state index contributed by atoms with van der Waals surface area (Å²) in [6.07, 6.45) is 2.61. The summed E-state index contributed by atoms with van der Waals surface area (Å²) in [5.74, 6) is 0.525. The molecule has 1 aromatic heterocycles. The number of hydrogen-bond acceptors (Lipinski definition) is 4. The van der Waals surface area contributed by atoms with Gasteiger partial charge in [0, 0.05) is 5.56 Å². The van der Waals surface area contributed by atoms with E-state index in [0.29, 0.717) is 15.9 Å². The van der Waals surface area contributed by atoms with Gasteiger partial charge in [0.1, 0.15) is 5.82 Å². The second kappa shape index (κ2) is 7.72. The summed E-state index contributed by atoms with van der Waals surface area (Å²) in [7, 11) is 0. The van der Waals surface area contributed by atoms with Gasteiger partial charge in [0.05, 0.1) is 15.7 Å². The van der Waals surface area contributed by atoms with Crippen LogP contribution in [0.1, 0.15) is 17.7 Å². The van der Waals surface area contributed by atoms with Crippen LogP contribution in [0.15, 0.2) is 48.5 Å². The molecule has 0 saturated heterocycles. The Morgan fingerprint density at radius 2 is 1.60 bits per heavy atom. The Morgan fingerprint density at radius 1 is 0.840 bits per heavy atom. The maximum Gasteiger partial charge on any atom is 0.222 e. The minimum atomic E-state index is 0.177. The molecule has 0 spiro atoms. The van der Waals surface area contributed by atoms with Gasteiger partial charge in [-0.05, 0) is 42.5 Å². The van der Waals surface area contributed by atoms with Crippen LogP contribution in [0.4, 0.5) is 11.8 Å². The molecule has 6 heteroatoms. The smallest absolute Gasteiger partial charge is 0.222 e. The molecule has 0 aliphatic carbocycles. The molecule has 0 unspecified atom stereocenters. The number of aryl methyl sites for hydroxylation is 2. The maximum atomic E-state index is 6.15. The maximum absolute atomic E-state index is 6.15. The second-order valence-electron chi connectivity index (χ2n) is 5.76. The lowest BCUT2D eigenvalue weighted by atomic mass is 10.00. The van der Waals surface area contributed by atoms with Gasteiger partial charge < -0.3 is 11.5 Å². The van der Waals surface area contributed by atoms with Gasteiger partial charge in [-0.3, -0.25) is 0 Å². The first-order chi connectivity index (χ1) is 12.0. The minimum absolute atomic E-state index is 0.177. The van der Waals surface area contributed by atoms with E-state index < -0.39 is 0 Å². The van der Waals surface area contributed by atoms with Crippen molar-refractivity contribution in [2.24, 2.45) is 0 Å². The predicted octanol–water partition coefficient (Wildman–Crippen LogP) is 4.79. The first-order valence-electron chi connectivity index (χ1n) is 7.96. The van der Waals surface area contributed by atoms with Crippen LogP contribution in [0.25, 0.3) is 11.1 Å². The number of hydrogen-bond donors (Lipinski definition) is 2. The Morgan fingerprint density at radius 3 is 2.32 bits per heavy atom. The molecule has 0 amide bonds. The highest BCUT2D eigenvalue weighted by atomic mass is 35.5. The molecule has 3 rings (SSSR count). The van der Waals surface area contributed by atoms with Crippen molar-refractivity contribution < 1.29 is 0 Å². The number of nitrogen functional groups attached to an aromatic ring is 2. The average molecular weight is 373 g/mol. The van der Waals surface area contributed by atoms with E-state index in [1.807, 2.05) is 24.3 Å². The standard InChI is InChI=1S/C19H18Cl2N4/c20-14-10-9-13(11-15(14)21)17-16(24-19(23)25-18(17)22)8-4-7-12-5-2-1-3-6-12/h1-3,5-6,9-11H,4,7-8H2,(H4,22,23,24,25). The number of anilines is 2. The van der Waals surface area contributed by atoms with E-state index >= 15 is 0 Å². The fraction of sp³-hybridized carbons (Fsp3) is 0.158. The summed E-state index contributed by atoms with van der Waals surface area (Å²) in [6.45, 7) is 0. The van der Waals surface area contributed by atoms with Gasteiger partial charge in [0.15, 0.2) is 0 Å². The lowest BCUT2D eigenvalue weighted by Crippen LogP contribution is -2.07. The van der Waals surface area contributed by atoms with Crippen LogP contribution < -0.4 is 11.5 Å². The minimum Gasteiger partial charge on any atom is -0.383 e. The number of rotatable bonds is 5. The van der Waals surface area contributed by atoms with Crippen molar-refractivity contribution in [1.82, 2.24) is 9.97 Å². The Labute approximate surface area is 156 Å². The lowest BCUT2D eigenvalue weighted by molar-refractivity contribution is 0.799. The third kappa shape index (κ3) is 4.21. The monoisotopic (exact) mass is 372 g/mol. The van der Waals surface area contributed by atoms with Crippen molar-refractivity contribution in [3.8, 4) is 11.1 Å². The zero-order valence-corrected chi connectivity index (χ0v) is 15.1. The van der Waals surface area contributed by atoms with Gasteiger partial charge in [-0.2, -0.15) is 4.98 Å². The summed E-state index contributed by atoms with van der Waals surface area (Å²) in [5, 5.41) is 0.955. The lowest BCUT2D eigenvalue weighted by Gasteiger charge is -2.13. The summed E-state index contributed by atoms with van der Waals surface area (Å²) in [5.41, 5.74) is 15.6. The topological polar surface area (TPSA) is 77.8 Å². The number of benzene rings is 2. The van der Waals surface area contributed by atoms with Crippen LogP contribution in [0.5, 0.6) is 0 Å². The zero-order valence-electron chi connectivity index (χ0n) is 13.5. The molecule has 128 valence electrons. The summed E-state index contributed by atoms with van der Waals surface area (Å²) in [6, 6.07) is 15.7. The van der Waals surface area contributed by atoms with Gasteiger partial charge in [0.2, 0.25) is 5.95 Å². The Kier molecular flexibility index (Phi) is 5.41. The van der Waals surface area contributed by atoms with Gasteiger partial charge in [-0.25, -0.2) is 4.98 Å². The normalized spacial score (nSPS) is 10.8. The van der Waals surface area contributed by atoms with Crippen molar-refractivity contribution in [2.45, 2.75) is 19.3 Å². The van der Waals surface area contributed by atoms with Crippen LogP contribution in [0.3, 0.4) is 0 Å². The van der Waals surface area contributed by atoms with E-state index in [4.69, 9.17) is 34.7 Å². The third-order valence-corrected chi connectivity index (χ3v) is 4.70. The molecule has 1 heterocycles. The highest BCUT2D eigenvalue weighted by Crippen LogP contribution is 2.33. The molecule has 0 saturated carbocycles. The van der Waals surface area contributed by atoms with E-state index in [0.717, 1.165) is 36.1 Å². The third-order valence-electron chi connectivity index (χ3n) is 3.96. The van der Waals surface area contributed by atoms with E-state index in [1.54, 1.807) is 12.1 Å². The molecule has 4 N–H and O–H groups in total. The van der Waals surface area contributed by atoms with Crippen LogP contribution in [0, 0.1) is 0 Å². The fourth-order valence-electron chi connectivity index (χ4n) is 2.80. The van der Waals surface area contributed by atoms with Gasteiger partial charge in [0.25, 0.3) is 0 Å². The molecule has 0 aliphatic rings. The van der Waals surface area contributed by atoms with Crippen molar-refractivity contribution >= 4 is 35.0 Å². The Hall–Kier alpha value is -2.30. The van der Waals surface area contributed by atoms with Crippen LogP contribution >= 0.6 is 23.2 Å². The van der Waals surface area contributed by atoms with Crippen LogP contribution in [0.2, 0.25) is 10.0 Å². The molecule has 2 aromatic carbocycles. The predicted molar refractivity (Wildman–Crippen MR) is 105 cm³/mol. The number of nitrogens with zero attached hydrogens (tertiary/aromatic N) is 2. The van der Waals surface area contributed by atoms with Crippen molar-refractivity contribution in [1.29, 1.82) is 0 Å². The first kappa shape index (κ1) is 17.5.